The summed E-state index contributed by atoms with van der Waals surface area (Å²) in [5, 5.41) is 5.50. The second kappa shape index (κ2) is 7.20. The number of rotatable bonds is 5. The number of methoxy groups -OCH3 is 1. The minimum absolute atomic E-state index is 0.223. The van der Waals surface area contributed by atoms with Crippen LogP contribution in [0, 0.1) is 0 Å². The second-order valence-electron chi connectivity index (χ2n) is 6.10. The summed E-state index contributed by atoms with van der Waals surface area (Å²) in [5.74, 6) is 1.28. The summed E-state index contributed by atoms with van der Waals surface area (Å²) in [6.45, 7) is 1.90. The molecule has 6 nitrogen and oxygen atoms in total. The van der Waals surface area contributed by atoms with Crippen molar-refractivity contribution in [1.29, 1.82) is 0 Å². The molecule has 0 saturated heterocycles. The van der Waals surface area contributed by atoms with Gasteiger partial charge in [-0.2, -0.15) is 0 Å². The van der Waals surface area contributed by atoms with E-state index in [1.807, 2.05) is 55.5 Å². The Morgan fingerprint density at radius 2 is 1.93 bits per heavy atom. The molecule has 2 aromatic carbocycles. The Kier molecular flexibility index (Phi) is 4.60. The summed E-state index contributed by atoms with van der Waals surface area (Å²) in [7, 11) is 1.63. The lowest BCUT2D eigenvalue weighted by Gasteiger charge is -2.09. The number of benzene rings is 2. The van der Waals surface area contributed by atoms with Gasteiger partial charge >= 0.3 is 0 Å². The monoisotopic (exact) mass is 378 g/mol. The zero-order valence-corrected chi connectivity index (χ0v) is 15.7. The van der Waals surface area contributed by atoms with Crippen molar-refractivity contribution in [3.05, 3.63) is 65.4 Å². The van der Waals surface area contributed by atoms with Gasteiger partial charge in [-0.25, -0.2) is 9.97 Å². The van der Waals surface area contributed by atoms with Gasteiger partial charge in [-0.05, 0) is 43.3 Å². The number of aromatic amines is 1. The van der Waals surface area contributed by atoms with Gasteiger partial charge in [0, 0.05) is 10.9 Å². The van der Waals surface area contributed by atoms with E-state index in [1.165, 1.54) is 11.3 Å². The average molecular weight is 378 g/mol. The molecule has 136 valence electrons. The van der Waals surface area contributed by atoms with Gasteiger partial charge in [-0.15, -0.1) is 11.3 Å². The number of para-hydroxylation sites is 2. The molecule has 7 heteroatoms. The van der Waals surface area contributed by atoms with E-state index in [0.717, 1.165) is 33.2 Å². The number of aromatic nitrogens is 3. The van der Waals surface area contributed by atoms with E-state index < -0.39 is 0 Å². The zero-order chi connectivity index (χ0) is 18.8. The highest BCUT2D eigenvalue weighted by Gasteiger charge is 2.17. The number of carbonyl (C=O) groups excluding carboxylic acids is 1. The van der Waals surface area contributed by atoms with Gasteiger partial charge in [-0.1, -0.05) is 12.1 Å². The Hall–Kier alpha value is -3.19. The van der Waals surface area contributed by atoms with E-state index in [4.69, 9.17) is 4.74 Å². The van der Waals surface area contributed by atoms with Crippen LogP contribution in [-0.4, -0.2) is 28.0 Å². The highest BCUT2D eigenvalue weighted by Crippen LogP contribution is 2.26. The SMILES string of the molecule is COc1ccc(-c2nc(C(=O)NC(C)c3nc4ccccc4[nH]3)cs2)cc1. The fourth-order valence-electron chi connectivity index (χ4n) is 2.76. The fraction of sp³-hybridized carbons (Fsp3) is 0.150. The number of fused-ring (bicyclic) bond motifs is 1. The van der Waals surface area contributed by atoms with Gasteiger partial charge in [0.15, 0.2) is 0 Å². The summed E-state index contributed by atoms with van der Waals surface area (Å²) in [4.78, 5) is 24.8. The summed E-state index contributed by atoms with van der Waals surface area (Å²) in [6, 6.07) is 15.1. The number of nitrogens with zero attached hydrogens (tertiary/aromatic N) is 2. The second-order valence-corrected chi connectivity index (χ2v) is 6.96. The van der Waals surface area contributed by atoms with E-state index in [0.29, 0.717) is 5.69 Å². The van der Waals surface area contributed by atoms with E-state index in [2.05, 4.69) is 20.3 Å². The molecule has 1 atom stereocenters. The zero-order valence-electron chi connectivity index (χ0n) is 14.9. The van der Waals surface area contributed by atoms with Gasteiger partial charge < -0.3 is 15.0 Å². The number of amides is 1. The first-order valence-electron chi connectivity index (χ1n) is 8.49. The molecular formula is C20H18N4O2S. The highest BCUT2D eigenvalue weighted by atomic mass is 32.1. The standard InChI is InChI=1S/C20H18N4O2S/c1-12(18-22-15-5-3-4-6-16(15)23-18)21-19(25)17-11-27-20(24-17)13-7-9-14(26-2)10-8-13/h3-12H,1-2H3,(H,21,25)(H,22,23). The van der Waals surface area contributed by atoms with Gasteiger partial charge in [0.2, 0.25) is 0 Å². The van der Waals surface area contributed by atoms with E-state index in [9.17, 15) is 4.79 Å². The van der Waals surface area contributed by atoms with Crippen LogP contribution in [0.25, 0.3) is 21.6 Å². The van der Waals surface area contributed by atoms with Crippen molar-refractivity contribution in [2.75, 3.05) is 7.11 Å². The van der Waals surface area contributed by atoms with Crippen molar-refractivity contribution >= 4 is 28.3 Å². The molecular weight excluding hydrogens is 360 g/mol. The molecule has 4 rings (SSSR count). The van der Waals surface area contributed by atoms with Crippen molar-refractivity contribution < 1.29 is 9.53 Å². The maximum absolute atomic E-state index is 12.6. The number of carbonyl (C=O) groups is 1. The predicted molar refractivity (Wildman–Crippen MR) is 106 cm³/mol. The van der Waals surface area contributed by atoms with Crippen molar-refractivity contribution in [3.8, 4) is 16.3 Å². The average Bonchev–Trinajstić information content (AvgIpc) is 3.35. The number of hydrogen-bond donors (Lipinski definition) is 2. The first kappa shape index (κ1) is 17.2. The Morgan fingerprint density at radius 1 is 1.15 bits per heavy atom. The number of H-pyrrole nitrogens is 1. The number of nitrogens with one attached hydrogen (secondary N) is 2. The first-order valence-corrected chi connectivity index (χ1v) is 9.37. The number of imidazole rings is 1. The quantitative estimate of drug-likeness (QED) is 0.546. The van der Waals surface area contributed by atoms with Crippen LogP contribution in [0.2, 0.25) is 0 Å². The third kappa shape index (κ3) is 3.54. The Bertz CT molecular complexity index is 1050. The molecule has 1 unspecified atom stereocenters. The first-order chi connectivity index (χ1) is 13.1. The summed E-state index contributed by atoms with van der Waals surface area (Å²) < 4.78 is 5.17. The lowest BCUT2D eigenvalue weighted by Crippen LogP contribution is -2.27. The molecule has 0 aliphatic rings. The van der Waals surface area contributed by atoms with E-state index in [1.54, 1.807) is 12.5 Å². The van der Waals surface area contributed by atoms with Crippen molar-refractivity contribution in [3.63, 3.8) is 0 Å². The largest absolute Gasteiger partial charge is 0.497 e. The van der Waals surface area contributed by atoms with Crippen LogP contribution >= 0.6 is 11.3 Å². The minimum atomic E-state index is -0.254. The smallest absolute Gasteiger partial charge is 0.271 e. The molecule has 2 heterocycles. The summed E-state index contributed by atoms with van der Waals surface area (Å²) >= 11 is 1.43. The number of hydrogen-bond acceptors (Lipinski definition) is 5. The van der Waals surface area contributed by atoms with Gasteiger partial charge in [0.25, 0.3) is 5.91 Å². The van der Waals surface area contributed by atoms with Crippen LogP contribution in [-0.2, 0) is 0 Å². The molecule has 0 bridgehead atoms. The molecule has 4 aromatic rings. The molecule has 0 fully saturated rings. The van der Waals surface area contributed by atoms with Crippen LogP contribution in [0.4, 0.5) is 0 Å². The summed E-state index contributed by atoms with van der Waals surface area (Å²) in [6.07, 6.45) is 0. The highest BCUT2D eigenvalue weighted by molar-refractivity contribution is 7.13. The van der Waals surface area contributed by atoms with Crippen molar-refractivity contribution in [2.45, 2.75) is 13.0 Å². The molecule has 0 radical (unpaired) electrons. The predicted octanol–water partition coefficient (Wildman–Crippen LogP) is 4.19. The number of ether oxygens (including phenoxy) is 1. The molecule has 0 aliphatic heterocycles. The van der Waals surface area contributed by atoms with Gasteiger partial charge in [0.1, 0.15) is 22.3 Å². The minimum Gasteiger partial charge on any atom is -0.497 e. The molecule has 0 spiro atoms. The van der Waals surface area contributed by atoms with E-state index in [-0.39, 0.29) is 11.9 Å². The lowest BCUT2D eigenvalue weighted by molar-refractivity contribution is 0.0934. The third-order valence-corrected chi connectivity index (χ3v) is 5.13. The third-order valence-electron chi connectivity index (χ3n) is 4.24. The van der Waals surface area contributed by atoms with Crippen LogP contribution in [0.3, 0.4) is 0 Å². The van der Waals surface area contributed by atoms with Crippen molar-refractivity contribution in [2.24, 2.45) is 0 Å². The molecule has 27 heavy (non-hydrogen) atoms. The molecule has 2 aromatic heterocycles. The van der Waals surface area contributed by atoms with Crippen LogP contribution < -0.4 is 10.1 Å². The van der Waals surface area contributed by atoms with Crippen LogP contribution in [0.1, 0.15) is 29.3 Å². The van der Waals surface area contributed by atoms with E-state index >= 15 is 0 Å². The maximum atomic E-state index is 12.6. The van der Waals surface area contributed by atoms with Crippen molar-refractivity contribution in [1.82, 2.24) is 20.3 Å². The van der Waals surface area contributed by atoms with Gasteiger partial charge in [0.05, 0.1) is 24.2 Å². The Labute approximate surface area is 160 Å². The van der Waals surface area contributed by atoms with Gasteiger partial charge in [-0.3, -0.25) is 4.79 Å². The number of thiazole rings is 1. The summed E-state index contributed by atoms with van der Waals surface area (Å²) in [5.41, 5.74) is 3.17. The van der Waals surface area contributed by atoms with Crippen LogP contribution in [0.5, 0.6) is 5.75 Å². The fourth-order valence-corrected chi connectivity index (χ4v) is 3.57. The molecule has 0 saturated carbocycles. The topological polar surface area (TPSA) is 79.9 Å². The Balaban J connectivity index is 1.48. The molecule has 0 aliphatic carbocycles. The lowest BCUT2D eigenvalue weighted by atomic mass is 10.2. The maximum Gasteiger partial charge on any atom is 0.271 e. The van der Waals surface area contributed by atoms with Crippen LogP contribution in [0.15, 0.2) is 53.9 Å². The Morgan fingerprint density at radius 3 is 2.67 bits per heavy atom. The molecule has 2 N–H and O–H groups in total. The molecule has 1 amide bonds. The normalized spacial score (nSPS) is 12.1.